The highest BCUT2D eigenvalue weighted by Crippen LogP contribution is 2.42. The summed E-state index contributed by atoms with van der Waals surface area (Å²) in [5, 5.41) is 5.43. The number of halogens is 4. The van der Waals surface area contributed by atoms with Crippen LogP contribution in [0.25, 0.3) is 0 Å². The Balaban J connectivity index is 1.96. The first-order valence-corrected chi connectivity index (χ1v) is 9.29. The van der Waals surface area contributed by atoms with Gasteiger partial charge in [0.2, 0.25) is 0 Å². The Morgan fingerprint density at radius 2 is 1.81 bits per heavy atom. The lowest BCUT2D eigenvalue weighted by atomic mass is 10.0. The highest BCUT2D eigenvalue weighted by Gasteiger charge is 2.22. The molecule has 3 rings (SSSR count). The van der Waals surface area contributed by atoms with Crippen LogP contribution < -0.4 is 5.32 Å². The number of anilines is 1. The quantitative estimate of drug-likeness (QED) is 0.555. The fourth-order valence-electron chi connectivity index (χ4n) is 2.37. The molecule has 2 aromatic carbocycles. The molecule has 1 N–H and O–H groups in total. The molecule has 1 atom stereocenters. The first kappa shape index (κ1) is 15.8. The van der Waals surface area contributed by atoms with Gasteiger partial charge < -0.3 is 5.32 Å². The molecule has 0 radical (unpaired) electrons. The molecule has 0 amide bonds. The minimum Gasteiger partial charge on any atom is -0.376 e. The minimum atomic E-state index is 0.163. The molecule has 0 bridgehead atoms. The van der Waals surface area contributed by atoms with Crippen LogP contribution >= 0.6 is 62.5 Å². The van der Waals surface area contributed by atoms with Crippen LogP contribution in [0.3, 0.4) is 0 Å². The number of nitrogens with one attached hydrogen (secondary N) is 1. The standard InChI is InChI=1S/C15H11BrCl3NS/c16-8-5-11(18)15(12(19)6-8)20-13-3-4-21-14-2-1-9(17)7-10(13)14/h1-2,5-7,13,20H,3-4H2. The van der Waals surface area contributed by atoms with Crippen LogP contribution in [-0.4, -0.2) is 5.75 Å². The van der Waals surface area contributed by atoms with E-state index in [9.17, 15) is 0 Å². The summed E-state index contributed by atoms with van der Waals surface area (Å²) in [5.74, 6) is 1.05. The fourth-order valence-corrected chi connectivity index (χ4v) is 4.97. The van der Waals surface area contributed by atoms with Crippen LogP contribution in [0.5, 0.6) is 0 Å². The van der Waals surface area contributed by atoms with Gasteiger partial charge in [0, 0.05) is 20.1 Å². The van der Waals surface area contributed by atoms with Gasteiger partial charge in [-0.3, -0.25) is 0 Å². The van der Waals surface area contributed by atoms with Crippen LogP contribution in [0.1, 0.15) is 18.0 Å². The number of rotatable bonds is 2. The summed E-state index contributed by atoms with van der Waals surface area (Å²) in [7, 11) is 0. The maximum absolute atomic E-state index is 6.30. The van der Waals surface area contributed by atoms with Crippen LogP contribution in [-0.2, 0) is 0 Å². The van der Waals surface area contributed by atoms with E-state index in [0.29, 0.717) is 10.0 Å². The second-order valence-electron chi connectivity index (χ2n) is 4.76. The van der Waals surface area contributed by atoms with Crippen molar-refractivity contribution in [3.05, 3.63) is 55.4 Å². The van der Waals surface area contributed by atoms with Crippen molar-refractivity contribution in [3.63, 3.8) is 0 Å². The van der Waals surface area contributed by atoms with E-state index in [2.05, 4.69) is 27.3 Å². The highest BCUT2D eigenvalue weighted by molar-refractivity contribution is 9.10. The molecule has 0 saturated heterocycles. The molecular formula is C15H11BrCl3NS. The van der Waals surface area contributed by atoms with E-state index in [1.165, 1.54) is 10.5 Å². The number of benzene rings is 2. The van der Waals surface area contributed by atoms with Gasteiger partial charge in [0.05, 0.1) is 21.8 Å². The lowest BCUT2D eigenvalue weighted by molar-refractivity contribution is 0.729. The molecule has 110 valence electrons. The number of thioether (sulfide) groups is 1. The van der Waals surface area contributed by atoms with Gasteiger partial charge in [-0.15, -0.1) is 11.8 Å². The van der Waals surface area contributed by atoms with Crippen molar-refractivity contribution < 1.29 is 0 Å². The average Bonchev–Trinajstić information content (AvgIpc) is 2.43. The number of hydrogen-bond donors (Lipinski definition) is 1. The molecule has 1 unspecified atom stereocenters. The Hall–Kier alpha value is -0.0600. The molecule has 1 nitrogen and oxygen atoms in total. The molecule has 0 spiro atoms. The Bertz CT molecular complexity index is 670. The third kappa shape index (κ3) is 3.48. The van der Waals surface area contributed by atoms with Crippen molar-refractivity contribution in [3.8, 4) is 0 Å². The van der Waals surface area contributed by atoms with Gasteiger partial charge in [-0.05, 0) is 42.3 Å². The van der Waals surface area contributed by atoms with E-state index in [1.54, 1.807) is 0 Å². The lowest BCUT2D eigenvalue weighted by Gasteiger charge is -2.28. The van der Waals surface area contributed by atoms with Crippen LogP contribution in [0.2, 0.25) is 15.1 Å². The topological polar surface area (TPSA) is 12.0 Å². The molecule has 21 heavy (non-hydrogen) atoms. The van der Waals surface area contributed by atoms with Gasteiger partial charge in [0.1, 0.15) is 0 Å². The SMILES string of the molecule is Clc1ccc2c(c1)C(Nc1c(Cl)cc(Br)cc1Cl)CCS2. The van der Waals surface area contributed by atoms with E-state index in [-0.39, 0.29) is 6.04 Å². The summed E-state index contributed by atoms with van der Waals surface area (Å²) in [6, 6.07) is 9.85. The first-order valence-electron chi connectivity index (χ1n) is 6.38. The molecule has 0 aromatic heterocycles. The fraction of sp³-hybridized carbons (Fsp3) is 0.200. The summed E-state index contributed by atoms with van der Waals surface area (Å²) in [6.07, 6.45) is 1.00. The number of fused-ring (bicyclic) bond motifs is 1. The molecule has 2 aromatic rings. The lowest BCUT2D eigenvalue weighted by Crippen LogP contribution is -2.16. The van der Waals surface area contributed by atoms with Crippen molar-refractivity contribution in [1.82, 2.24) is 0 Å². The van der Waals surface area contributed by atoms with Crippen molar-refractivity contribution in [2.75, 3.05) is 11.1 Å². The third-order valence-electron chi connectivity index (χ3n) is 3.34. The van der Waals surface area contributed by atoms with E-state index < -0.39 is 0 Å². The van der Waals surface area contributed by atoms with Crippen LogP contribution in [0.15, 0.2) is 39.7 Å². The molecular weight excluding hydrogens is 413 g/mol. The summed E-state index contributed by atoms with van der Waals surface area (Å²) in [5.41, 5.74) is 1.97. The minimum absolute atomic E-state index is 0.163. The Kier molecular flexibility index (Phi) is 4.97. The molecule has 0 aliphatic carbocycles. The van der Waals surface area contributed by atoms with Crippen molar-refractivity contribution in [2.45, 2.75) is 17.4 Å². The van der Waals surface area contributed by atoms with Gasteiger partial charge in [-0.1, -0.05) is 50.7 Å². The Labute approximate surface area is 151 Å². The Morgan fingerprint density at radius 3 is 2.52 bits per heavy atom. The van der Waals surface area contributed by atoms with E-state index >= 15 is 0 Å². The van der Waals surface area contributed by atoms with E-state index in [1.807, 2.05) is 36.0 Å². The van der Waals surface area contributed by atoms with Crippen molar-refractivity contribution in [2.24, 2.45) is 0 Å². The third-order valence-corrected chi connectivity index (χ3v) is 5.75. The molecule has 1 aliphatic rings. The van der Waals surface area contributed by atoms with Gasteiger partial charge >= 0.3 is 0 Å². The Morgan fingerprint density at radius 1 is 1.10 bits per heavy atom. The van der Waals surface area contributed by atoms with E-state index in [0.717, 1.165) is 27.4 Å². The predicted molar refractivity (Wildman–Crippen MR) is 97.3 cm³/mol. The molecule has 0 saturated carbocycles. The summed E-state index contributed by atoms with van der Waals surface area (Å²) < 4.78 is 0.866. The molecule has 1 heterocycles. The van der Waals surface area contributed by atoms with Gasteiger partial charge in [-0.25, -0.2) is 0 Å². The predicted octanol–water partition coefficient (Wildman–Crippen LogP) is 7.06. The van der Waals surface area contributed by atoms with Crippen LogP contribution in [0, 0.1) is 0 Å². The second-order valence-corrected chi connectivity index (χ2v) is 8.06. The summed E-state index contributed by atoms with van der Waals surface area (Å²) >= 11 is 24.0. The van der Waals surface area contributed by atoms with E-state index in [4.69, 9.17) is 34.8 Å². The maximum atomic E-state index is 6.30. The second kappa shape index (κ2) is 6.59. The smallest absolute Gasteiger partial charge is 0.0724 e. The maximum Gasteiger partial charge on any atom is 0.0724 e. The van der Waals surface area contributed by atoms with Crippen molar-refractivity contribution in [1.29, 1.82) is 0 Å². The molecule has 1 aliphatic heterocycles. The summed E-state index contributed by atoms with van der Waals surface area (Å²) in [6.45, 7) is 0. The molecule has 6 heteroatoms. The van der Waals surface area contributed by atoms with Gasteiger partial charge in [0.25, 0.3) is 0 Å². The van der Waals surface area contributed by atoms with Gasteiger partial charge in [0.15, 0.2) is 0 Å². The molecule has 0 fully saturated rings. The normalized spacial score (nSPS) is 17.4. The zero-order chi connectivity index (χ0) is 15.0. The zero-order valence-corrected chi connectivity index (χ0v) is 15.5. The zero-order valence-electron chi connectivity index (χ0n) is 10.8. The first-order chi connectivity index (χ1) is 10.0. The van der Waals surface area contributed by atoms with Crippen molar-refractivity contribution >= 4 is 68.2 Å². The largest absolute Gasteiger partial charge is 0.376 e. The average molecular weight is 424 g/mol. The van der Waals surface area contributed by atoms with Crippen LogP contribution in [0.4, 0.5) is 5.69 Å². The monoisotopic (exact) mass is 421 g/mol. The number of hydrogen-bond acceptors (Lipinski definition) is 2. The highest BCUT2D eigenvalue weighted by atomic mass is 79.9. The summed E-state index contributed by atoms with van der Waals surface area (Å²) in [4.78, 5) is 1.26. The van der Waals surface area contributed by atoms with Gasteiger partial charge in [-0.2, -0.15) is 0 Å².